The quantitative estimate of drug-likeness (QED) is 0.186. The zero-order chi connectivity index (χ0) is 32.3. The third-order valence-corrected chi connectivity index (χ3v) is 10.8. The van der Waals surface area contributed by atoms with Gasteiger partial charge in [-0.2, -0.15) is 0 Å². The Morgan fingerprint density at radius 2 is 1.16 bits per heavy atom. The minimum atomic E-state index is 0.873. The Kier molecular flexibility index (Phi) is 6.39. The maximum atomic E-state index is 6.85. The fourth-order valence-electron chi connectivity index (χ4n) is 7.35. The van der Waals surface area contributed by atoms with E-state index in [4.69, 9.17) is 4.42 Å². The van der Waals surface area contributed by atoms with Crippen molar-refractivity contribution in [3.8, 4) is 22.3 Å². The van der Waals surface area contributed by atoms with Crippen LogP contribution in [0.25, 0.3) is 75.1 Å². The van der Waals surface area contributed by atoms with E-state index in [1.54, 1.807) is 0 Å². The highest BCUT2D eigenvalue weighted by Crippen LogP contribution is 2.51. The molecule has 3 heteroatoms. The molecule has 0 fully saturated rings. The number of para-hydroxylation sites is 1. The van der Waals surface area contributed by atoms with Gasteiger partial charge in [0.15, 0.2) is 5.58 Å². The molecular weight excluding hydrogens is 615 g/mol. The van der Waals surface area contributed by atoms with Gasteiger partial charge in [-0.1, -0.05) is 127 Å². The van der Waals surface area contributed by atoms with Gasteiger partial charge >= 0.3 is 0 Å². The summed E-state index contributed by atoms with van der Waals surface area (Å²) in [6, 6.07) is 63.2. The summed E-state index contributed by atoms with van der Waals surface area (Å²) in [4.78, 5) is 2.43. The molecule has 230 valence electrons. The predicted octanol–water partition coefficient (Wildman–Crippen LogP) is 13.9. The zero-order valence-corrected chi connectivity index (χ0v) is 27.3. The fourth-order valence-corrected chi connectivity index (χ4v) is 8.48. The van der Waals surface area contributed by atoms with Crippen LogP contribution in [0.5, 0.6) is 0 Å². The fraction of sp³-hybridized carbons (Fsp3) is 0. The Hall–Kier alpha value is -6.16. The first-order chi connectivity index (χ1) is 24.3. The number of thiophene rings is 1. The highest BCUT2D eigenvalue weighted by Gasteiger charge is 2.26. The number of hydrogen-bond donors (Lipinski definition) is 0. The molecule has 0 saturated carbocycles. The third-order valence-electron chi connectivity index (χ3n) is 9.66. The molecule has 0 atom stereocenters. The Morgan fingerprint density at radius 3 is 2.04 bits per heavy atom. The molecule has 10 rings (SSSR count). The van der Waals surface area contributed by atoms with Gasteiger partial charge in [-0.05, 0) is 76.0 Å². The first-order valence-corrected chi connectivity index (χ1v) is 17.4. The molecule has 0 aliphatic carbocycles. The molecule has 0 aliphatic heterocycles. The monoisotopic (exact) mass is 643 g/mol. The lowest BCUT2D eigenvalue weighted by Crippen LogP contribution is -2.12. The Bertz CT molecular complexity index is 2830. The molecule has 0 spiro atoms. The second kappa shape index (κ2) is 11.2. The van der Waals surface area contributed by atoms with Crippen LogP contribution in [0.4, 0.5) is 17.1 Å². The average Bonchev–Trinajstić information content (AvgIpc) is 3.75. The molecule has 10 aromatic rings. The molecule has 0 saturated heterocycles. The molecule has 49 heavy (non-hydrogen) atoms. The predicted molar refractivity (Wildman–Crippen MR) is 210 cm³/mol. The van der Waals surface area contributed by atoms with Crippen molar-refractivity contribution in [2.75, 3.05) is 4.90 Å². The van der Waals surface area contributed by atoms with E-state index in [2.05, 4.69) is 175 Å². The summed E-state index contributed by atoms with van der Waals surface area (Å²) in [6.45, 7) is 0. The van der Waals surface area contributed by atoms with Crippen LogP contribution >= 0.6 is 11.3 Å². The van der Waals surface area contributed by atoms with Crippen molar-refractivity contribution in [3.05, 3.63) is 176 Å². The van der Waals surface area contributed by atoms with Gasteiger partial charge in [0.2, 0.25) is 0 Å². The Balaban J connectivity index is 1.28. The summed E-state index contributed by atoms with van der Waals surface area (Å²) in [5.41, 5.74) is 9.61. The number of furan rings is 1. The van der Waals surface area contributed by atoms with Crippen LogP contribution in [0.2, 0.25) is 0 Å². The largest absolute Gasteiger partial charge is 0.454 e. The molecule has 0 amide bonds. The van der Waals surface area contributed by atoms with Gasteiger partial charge in [0.05, 0.1) is 11.4 Å². The molecule has 0 N–H and O–H groups in total. The summed E-state index contributed by atoms with van der Waals surface area (Å²) in [6.07, 6.45) is 0. The van der Waals surface area contributed by atoms with Gasteiger partial charge in [-0.15, -0.1) is 11.3 Å². The maximum Gasteiger partial charge on any atom is 0.160 e. The van der Waals surface area contributed by atoms with Crippen LogP contribution in [0, 0.1) is 0 Å². The van der Waals surface area contributed by atoms with E-state index in [0.29, 0.717) is 0 Å². The first kappa shape index (κ1) is 27.9. The van der Waals surface area contributed by atoms with Gasteiger partial charge in [-0.3, -0.25) is 0 Å². The number of hydrogen-bond acceptors (Lipinski definition) is 3. The average molecular weight is 644 g/mol. The van der Waals surface area contributed by atoms with E-state index in [1.165, 1.54) is 42.1 Å². The lowest BCUT2D eigenvalue weighted by Gasteiger charge is -2.29. The third kappa shape index (κ3) is 4.55. The van der Waals surface area contributed by atoms with E-state index < -0.39 is 0 Å². The lowest BCUT2D eigenvalue weighted by molar-refractivity contribution is 0.669. The van der Waals surface area contributed by atoms with Crippen molar-refractivity contribution in [1.29, 1.82) is 0 Å². The van der Waals surface area contributed by atoms with Crippen LogP contribution in [0.15, 0.2) is 180 Å². The number of anilines is 3. The highest BCUT2D eigenvalue weighted by atomic mass is 32.1. The Labute approximate surface area is 287 Å². The van der Waals surface area contributed by atoms with E-state index >= 15 is 0 Å². The molecular formula is C46H29NOS. The van der Waals surface area contributed by atoms with Crippen LogP contribution in [0.3, 0.4) is 0 Å². The molecule has 2 aromatic heterocycles. The highest BCUT2D eigenvalue weighted by molar-refractivity contribution is 7.26. The summed E-state index contributed by atoms with van der Waals surface area (Å²) in [5.74, 6) is 0. The standard InChI is InChI=1S/C46H29NOS/c1-2-12-32(13-3-1)36-27-28-38-37-15-6-8-18-41(37)48-46(38)45(36)47(40-17-10-20-43-44(40)39-16-7-9-19-42(39)49-43)35-25-23-31(24-26-35)34-22-21-30-11-4-5-14-33(30)29-34/h1-29H. The SMILES string of the molecule is c1ccc(-c2ccc3c(oc4ccccc43)c2N(c2ccc(-c3ccc4ccccc4c3)cc2)c2cccc3sc4ccccc4c23)cc1. The van der Waals surface area contributed by atoms with E-state index in [-0.39, 0.29) is 0 Å². The molecule has 2 heterocycles. The topological polar surface area (TPSA) is 16.4 Å². The van der Waals surface area contributed by atoms with Gasteiger partial charge in [0, 0.05) is 42.2 Å². The number of fused-ring (bicyclic) bond motifs is 7. The summed E-state index contributed by atoms with van der Waals surface area (Å²) >= 11 is 1.84. The van der Waals surface area contributed by atoms with Gasteiger partial charge < -0.3 is 9.32 Å². The minimum absolute atomic E-state index is 0.873. The normalized spacial score (nSPS) is 11.7. The van der Waals surface area contributed by atoms with Gasteiger partial charge in [0.25, 0.3) is 0 Å². The van der Waals surface area contributed by atoms with E-state index in [1.807, 2.05) is 17.4 Å². The number of nitrogens with zero attached hydrogens (tertiary/aromatic N) is 1. The summed E-state index contributed by atoms with van der Waals surface area (Å²) in [5, 5.41) is 7.21. The van der Waals surface area contributed by atoms with Crippen molar-refractivity contribution in [1.82, 2.24) is 0 Å². The van der Waals surface area contributed by atoms with Crippen LogP contribution < -0.4 is 4.90 Å². The van der Waals surface area contributed by atoms with Crippen molar-refractivity contribution in [2.24, 2.45) is 0 Å². The first-order valence-electron chi connectivity index (χ1n) is 16.6. The molecule has 0 radical (unpaired) electrons. The molecule has 8 aromatic carbocycles. The molecule has 0 aliphatic rings. The Morgan fingerprint density at radius 1 is 0.449 bits per heavy atom. The van der Waals surface area contributed by atoms with Gasteiger partial charge in [0.1, 0.15) is 5.58 Å². The van der Waals surface area contributed by atoms with Crippen molar-refractivity contribution in [3.63, 3.8) is 0 Å². The minimum Gasteiger partial charge on any atom is -0.454 e. The van der Waals surface area contributed by atoms with Crippen molar-refractivity contribution < 1.29 is 4.42 Å². The maximum absolute atomic E-state index is 6.85. The van der Waals surface area contributed by atoms with Crippen molar-refractivity contribution >= 4 is 81.3 Å². The second-order valence-corrected chi connectivity index (χ2v) is 13.6. The molecule has 0 unspecified atom stereocenters. The van der Waals surface area contributed by atoms with Gasteiger partial charge in [-0.25, -0.2) is 0 Å². The smallest absolute Gasteiger partial charge is 0.160 e. The lowest BCUT2D eigenvalue weighted by atomic mass is 9.97. The van der Waals surface area contributed by atoms with Crippen molar-refractivity contribution in [2.45, 2.75) is 0 Å². The van der Waals surface area contributed by atoms with E-state index in [0.717, 1.165) is 50.1 Å². The molecule has 0 bridgehead atoms. The van der Waals surface area contributed by atoms with Crippen LogP contribution in [-0.4, -0.2) is 0 Å². The second-order valence-electron chi connectivity index (χ2n) is 12.5. The van der Waals surface area contributed by atoms with Crippen LogP contribution in [-0.2, 0) is 0 Å². The number of rotatable bonds is 5. The molecule has 2 nitrogen and oxygen atoms in total. The summed E-state index contributed by atoms with van der Waals surface area (Å²) in [7, 11) is 0. The van der Waals surface area contributed by atoms with Crippen LogP contribution in [0.1, 0.15) is 0 Å². The number of benzene rings is 8. The zero-order valence-electron chi connectivity index (χ0n) is 26.5. The summed E-state index contributed by atoms with van der Waals surface area (Å²) < 4.78 is 9.38. The van der Waals surface area contributed by atoms with E-state index in [9.17, 15) is 0 Å².